The van der Waals surface area contributed by atoms with Crippen molar-refractivity contribution in [1.29, 1.82) is 0 Å². The van der Waals surface area contributed by atoms with E-state index >= 15 is 0 Å². The Hall–Kier alpha value is -2.76. The van der Waals surface area contributed by atoms with E-state index in [4.69, 9.17) is 11.6 Å². The highest BCUT2D eigenvalue weighted by Crippen LogP contribution is 2.32. The molecular weight excluding hydrogens is 388 g/mol. The molecule has 0 amide bonds. The Morgan fingerprint density at radius 2 is 1.82 bits per heavy atom. The molecule has 4 rings (SSSR count). The van der Waals surface area contributed by atoms with E-state index in [-0.39, 0.29) is 0 Å². The van der Waals surface area contributed by atoms with Crippen molar-refractivity contribution in [1.82, 2.24) is 4.98 Å². The summed E-state index contributed by atoms with van der Waals surface area (Å²) in [7, 11) is 2.09. The van der Waals surface area contributed by atoms with Crippen LogP contribution in [0.3, 0.4) is 0 Å². The summed E-state index contributed by atoms with van der Waals surface area (Å²) in [4.78, 5) is 6.71. The molecule has 4 nitrogen and oxygen atoms in total. The van der Waals surface area contributed by atoms with Gasteiger partial charge in [-0.3, -0.25) is 0 Å². The number of fused-ring (bicyclic) bond motifs is 1. The molecular formula is C22H19ClN4S. The van der Waals surface area contributed by atoms with E-state index in [0.29, 0.717) is 10.2 Å². The van der Waals surface area contributed by atoms with Crippen LogP contribution in [0.2, 0.25) is 5.02 Å². The Labute approximate surface area is 173 Å². The normalized spacial score (nSPS) is 11.4. The highest BCUT2D eigenvalue weighted by atomic mass is 35.5. The summed E-state index contributed by atoms with van der Waals surface area (Å²) in [5.41, 5.74) is 5.23. The molecule has 0 radical (unpaired) electrons. The van der Waals surface area contributed by atoms with E-state index in [1.807, 2.05) is 37.3 Å². The number of hydrogen-bond donors (Lipinski definition) is 0. The average molecular weight is 407 g/mol. The van der Waals surface area contributed by atoms with Crippen LogP contribution in [0.1, 0.15) is 11.1 Å². The standard InChI is InChI=1S/C22H19ClN4S/c1-15-12-18(27(2)14-16-6-4-3-5-7-16)9-11-19(15)25-26-22-24-20-10-8-17(23)13-21(20)28-22/h3-13H,14H2,1-2H3. The van der Waals surface area contributed by atoms with Gasteiger partial charge in [-0.25, -0.2) is 4.98 Å². The van der Waals surface area contributed by atoms with E-state index in [2.05, 4.69) is 63.6 Å². The summed E-state index contributed by atoms with van der Waals surface area (Å²) < 4.78 is 1.01. The fourth-order valence-electron chi connectivity index (χ4n) is 2.96. The van der Waals surface area contributed by atoms with Crippen LogP contribution in [-0.2, 0) is 6.54 Å². The zero-order chi connectivity index (χ0) is 19.5. The van der Waals surface area contributed by atoms with Crippen LogP contribution in [0.25, 0.3) is 10.2 Å². The van der Waals surface area contributed by atoms with Crippen molar-refractivity contribution in [3.05, 3.63) is 82.9 Å². The number of hydrogen-bond acceptors (Lipinski definition) is 5. The van der Waals surface area contributed by atoms with Crippen molar-refractivity contribution in [3.8, 4) is 0 Å². The van der Waals surface area contributed by atoms with Gasteiger partial charge >= 0.3 is 0 Å². The van der Waals surface area contributed by atoms with Crippen molar-refractivity contribution in [2.75, 3.05) is 11.9 Å². The molecule has 28 heavy (non-hydrogen) atoms. The van der Waals surface area contributed by atoms with Crippen LogP contribution in [0, 0.1) is 6.92 Å². The second-order valence-electron chi connectivity index (χ2n) is 6.62. The van der Waals surface area contributed by atoms with Crippen molar-refractivity contribution in [3.63, 3.8) is 0 Å². The van der Waals surface area contributed by atoms with Gasteiger partial charge in [0.1, 0.15) is 0 Å². The molecule has 0 fully saturated rings. The Bertz CT molecular complexity index is 1140. The molecule has 0 aliphatic carbocycles. The van der Waals surface area contributed by atoms with Crippen LogP contribution in [-0.4, -0.2) is 12.0 Å². The highest BCUT2D eigenvalue weighted by molar-refractivity contribution is 7.21. The summed E-state index contributed by atoms with van der Waals surface area (Å²) in [6, 6.07) is 22.3. The molecule has 1 aromatic heterocycles. The highest BCUT2D eigenvalue weighted by Gasteiger charge is 2.07. The molecule has 4 aromatic rings. The molecule has 0 N–H and O–H groups in total. The predicted molar refractivity (Wildman–Crippen MR) is 119 cm³/mol. The van der Waals surface area contributed by atoms with Gasteiger partial charge in [-0.15, -0.1) is 10.2 Å². The maximum absolute atomic E-state index is 6.03. The van der Waals surface area contributed by atoms with Crippen LogP contribution in [0.4, 0.5) is 16.5 Å². The molecule has 0 atom stereocenters. The van der Waals surface area contributed by atoms with Crippen LogP contribution < -0.4 is 4.90 Å². The second-order valence-corrected chi connectivity index (χ2v) is 8.07. The Kier molecular flexibility index (Phi) is 5.37. The SMILES string of the molecule is Cc1cc(N(C)Cc2ccccc2)ccc1N=Nc1nc2ccc(Cl)cc2s1. The first-order chi connectivity index (χ1) is 13.6. The molecule has 0 bridgehead atoms. The van der Waals surface area contributed by atoms with E-state index < -0.39 is 0 Å². The fraction of sp³-hybridized carbons (Fsp3) is 0.136. The predicted octanol–water partition coefficient (Wildman–Crippen LogP) is 7.31. The largest absolute Gasteiger partial charge is 0.370 e. The quantitative estimate of drug-likeness (QED) is 0.326. The molecule has 0 aliphatic rings. The van der Waals surface area contributed by atoms with E-state index in [1.54, 1.807) is 0 Å². The summed E-state index contributed by atoms with van der Waals surface area (Å²) in [5, 5.41) is 10.0. The van der Waals surface area contributed by atoms with E-state index in [9.17, 15) is 0 Å². The van der Waals surface area contributed by atoms with Gasteiger partial charge in [0.25, 0.3) is 0 Å². The molecule has 0 unspecified atom stereocenters. The molecule has 0 saturated heterocycles. The minimum Gasteiger partial charge on any atom is -0.370 e. The monoisotopic (exact) mass is 406 g/mol. The molecule has 0 aliphatic heterocycles. The Balaban J connectivity index is 1.51. The first-order valence-electron chi connectivity index (χ1n) is 8.92. The number of rotatable bonds is 5. The van der Waals surface area contributed by atoms with Gasteiger partial charge in [0.2, 0.25) is 5.13 Å². The number of thiazole rings is 1. The third-order valence-electron chi connectivity index (χ3n) is 4.47. The molecule has 0 saturated carbocycles. The molecule has 1 heterocycles. The zero-order valence-corrected chi connectivity index (χ0v) is 17.2. The lowest BCUT2D eigenvalue weighted by Gasteiger charge is -2.20. The van der Waals surface area contributed by atoms with Gasteiger partial charge in [-0.05, 0) is 54.4 Å². The average Bonchev–Trinajstić information content (AvgIpc) is 3.09. The topological polar surface area (TPSA) is 40.9 Å². The van der Waals surface area contributed by atoms with Crippen LogP contribution >= 0.6 is 22.9 Å². The molecule has 0 spiro atoms. The van der Waals surface area contributed by atoms with E-state index in [0.717, 1.165) is 33.7 Å². The summed E-state index contributed by atoms with van der Waals surface area (Å²) in [6.45, 7) is 2.90. The fourth-order valence-corrected chi connectivity index (χ4v) is 4.03. The van der Waals surface area contributed by atoms with E-state index in [1.165, 1.54) is 16.9 Å². The van der Waals surface area contributed by atoms with Gasteiger partial charge in [-0.2, -0.15) is 0 Å². The Morgan fingerprint density at radius 3 is 2.61 bits per heavy atom. The number of nitrogens with zero attached hydrogens (tertiary/aromatic N) is 4. The van der Waals surface area contributed by atoms with Crippen LogP contribution in [0.5, 0.6) is 0 Å². The van der Waals surface area contributed by atoms with Crippen molar-refractivity contribution in [2.45, 2.75) is 13.5 Å². The van der Waals surface area contributed by atoms with Crippen molar-refractivity contribution < 1.29 is 0 Å². The molecule has 3 aromatic carbocycles. The lowest BCUT2D eigenvalue weighted by Crippen LogP contribution is -2.16. The number of anilines is 1. The number of aromatic nitrogens is 1. The van der Waals surface area contributed by atoms with Crippen molar-refractivity contribution >= 4 is 49.7 Å². The minimum absolute atomic E-state index is 0.627. The van der Waals surface area contributed by atoms with Gasteiger partial charge in [0.05, 0.1) is 15.9 Å². The first-order valence-corrected chi connectivity index (χ1v) is 10.1. The van der Waals surface area contributed by atoms with Gasteiger partial charge < -0.3 is 4.90 Å². The summed E-state index contributed by atoms with van der Waals surface area (Å²) >= 11 is 7.52. The number of benzene rings is 3. The Morgan fingerprint density at radius 1 is 1.00 bits per heavy atom. The second kappa shape index (κ2) is 8.09. The van der Waals surface area contributed by atoms with Gasteiger partial charge in [-0.1, -0.05) is 53.3 Å². The zero-order valence-electron chi connectivity index (χ0n) is 15.6. The molecule has 140 valence electrons. The molecule has 6 heteroatoms. The maximum atomic E-state index is 6.03. The number of azo groups is 1. The van der Waals surface area contributed by atoms with Gasteiger partial charge in [0, 0.05) is 24.3 Å². The lowest BCUT2D eigenvalue weighted by molar-refractivity contribution is 0.922. The lowest BCUT2D eigenvalue weighted by atomic mass is 10.1. The minimum atomic E-state index is 0.627. The number of halogens is 1. The first kappa shape index (κ1) is 18.6. The summed E-state index contributed by atoms with van der Waals surface area (Å²) in [6.07, 6.45) is 0. The van der Waals surface area contributed by atoms with Crippen molar-refractivity contribution in [2.24, 2.45) is 10.2 Å². The van der Waals surface area contributed by atoms with Crippen LogP contribution in [0.15, 0.2) is 77.0 Å². The summed E-state index contributed by atoms with van der Waals surface area (Å²) in [5.74, 6) is 0. The third-order valence-corrected chi connectivity index (χ3v) is 5.60. The maximum Gasteiger partial charge on any atom is 0.231 e. The number of aryl methyl sites for hydroxylation is 1. The van der Waals surface area contributed by atoms with Gasteiger partial charge in [0.15, 0.2) is 0 Å². The third kappa shape index (κ3) is 4.21. The smallest absolute Gasteiger partial charge is 0.231 e.